The van der Waals surface area contributed by atoms with Crippen molar-refractivity contribution in [2.45, 2.75) is 26.7 Å². The third-order valence-corrected chi connectivity index (χ3v) is 4.02. The molecule has 1 aromatic carbocycles. The second kappa shape index (κ2) is 5.28. The third kappa shape index (κ3) is 2.20. The number of nitrogens with zero attached hydrogens (tertiary/aromatic N) is 1. The van der Waals surface area contributed by atoms with Crippen LogP contribution < -0.4 is 4.74 Å². The number of aromatic amines is 1. The van der Waals surface area contributed by atoms with Crippen LogP contribution in [0.5, 0.6) is 5.75 Å². The predicted octanol–water partition coefficient (Wildman–Crippen LogP) is 3.33. The van der Waals surface area contributed by atoms with E-state index in [9.17, 15) is 4.79 Å². The van der Waals surface area contributed by atoms with E-state index < -0.39 is 0 Å². The lowest BCUT2D eigenvalue weighted by Crippen LogP contribution is -2.33. The van der Waals surface area contributed by atoms with Crippen molar-refractivity contribution in [1.82, 2.24) is 9.88 Å². The molecule has 0 atom stereocenters. The normalized spacial score (nSPS) is 16.3. The minimum atomic E-state index is 0.0941. The van der Waals surface area contributed by atoms with Gasteiger partial charge in [0.2, 0.25) is 5.91 Å². The maximum atomic E-state index is 11.9. The van der Waals surface area contributed by atoms with Crippen molar-refractivity contribution in [3.63, 3.8) is 0 Å². The molecule has 1 aromatic heterocycles. The number of methoxy groups -OCH3 is 1. The quantitative estimate of drug-likeness (QED) is 0.919. The van der Waals surface area contributed by atoms with Crippen LogP contribution >= 0.6 is 0 Å². The van der Waals surface area contributed by atoms with E-state index in [1.54, 1.807) is 14.0 Å². The summed E-state index contributed by atoms with van der Waals surface area (Å²) in [7, 11) is 1.68. The molecule has 2 heterocycles. The van der Waals surface area contributed by atoms with E-state index in [1.165, 1.54) is 10.9 Å². The molecule has 0 aliphatic carbocycles. The summed E-state index contributed by atoms with van der Waals surface area (Å²) in [6.45, 7) is 4.45. The summed E-state index contributed by atoms with van der Waals surface area (Å²) in [5.41, 5.74) is 4.44. The molecule has 0 fully saturated rings. The molecule has 1 amide bonds. The number of H-pyrrole nitrogens is 1. The van der Waals surface area contributed by atoms with E-state index in [2.05, 4.69) is 24.1 Å². The average molecular weight is 284 g/mol. The van der Waals surface area contributed by atoms with Gasteiger partial charge in [0.05, 0.1) is 18.5 Å². The van der Waals surface area contributed by atoms with Crippen LogP contribution in [0.1, 0.15) is 31.5 Å². The van der Waals surface area contributed by atoms with Crippen molar-refractivity contribution in [1.29, 1.82) is 0 Å². The molecule has 0 saturated carbocycles. The Morgan fingerprint density at radius 1 is 1.48 bits per heavy atom. The number of rotatable bonds is 2. The van der Waals surface area contributed by atoms with Crippen molar-refractivity contribution < 1.29 is 9.53 Å². The van der Waals surface area contributed by atoms with Gasteiger partial charge < -0.3 is 14.6 Å². The van der Waals surface area contributed by atoms with Gasteiger partial charge in [0.25, 0.3) is 0 Å². The van der Waals surface area contributed by atoms with Gasteiger partial charge in [-0.1, -0.05) is 13.0 Å². The van der Waals surface area contributed by atoms with Crippen molar-refractivity contribution in [3.8, 4) is 5.75 Å². The van der Waals surface area contributed by atoms with Gasteiger partial charge in [-0.2, -0.15) is 0 Å². The fourth-order valence-corrected chi connectivity index (χ4v) is 3.04. The fraction of sp³-hybridized carbons (Fsp3) is 0.353. The number of carbonyl (C=O) groups is 1. The SMILES string of the molecule is CC/C=C1\c2[nH]c3ccc(OC)cc3c2CCN1C(C)=O. The smallest absolute Gasteiger partial charge is 0.223 e. The minimum Gasteiger partial charge on any atom is -0.497 e. The molecular weight excluding hydrogens is 264 g/mol. The molecular formula is C17H20N2O2. The maximum absolute atomic E-state index is 11.9. The second-order valence-corrected chi connectivity index (χ2v) is 5.31. The number of benzene rings is 1. The van der Waals surface area contributed by atoms with Crippen LogP contribution in [0.2, 0.25) is 0 Å². The number of hydrogen-bond acceptors (Lipinski definition) is 2. The molecule has 0 bridgehead atoms. The van der Waals surface area contributed by atoms with Gasteiger partial charge in [-0.25, -0.2) is 0 Å². The summed E-state index contributed by atoms with van der Waals surface area (Å²) < 4.78 is 5.32. The van der Waals surface area contributed by atoms with E-state index >= 15 is 0 Å². The van der Waals surface area contributed by atoms with Gasteiger partial charge in [-0.3, -0.25) is 4.79 Å². The van der Waals surface area contributed by atoms with Crippen LogP contribution in [0, 0.1) is 0 Å². The van der Waals surface area contributed by atoms with Crippen molar-refractivity contribution >= 4 is 22.5 Å². The zero-order valence-corrected chi connectivity index (χ0v) is 12.7. The fourth-order valence-electron chi connectivity index (χ4n) is 3.04. The van der Waals surface area contributed by atoms with Gasteiger partial charge in [-0.05, 0) is 36.6 Å². The molecule has 4 heteroatoms. The number of fused-ring (bicyclic) bond motifs is 3. The second-order valence-electron chi connectivity index (χ2n) is 5.31. The third-order valence-electron chi connectivity index (χ3n) is 4.02. The molecule has 0 saturated heterocycles. The summed E-state index contributed by atoms with van der Waals surface area (Å²) in [5.74, 6) is 0.955. The molecule has 4 nitrogen and oxygen atoms in total. The molecule has 2 aromatic rings. The molecule has 1 aliphatic heterocycles. The zero-order valence-electron chi connectivity index (χ0n) is 12.7. The molecule has 3 rings (SSSR count). The van der Waals surface area contributed by atoms with Gasteiger partial charge in [0.1, 0.15) is 5.75 Å². The number of allylic oxidation sites excluding steroid dienone is 1. The summed E-state index contributed by atoms with van der Waals surface area (Å²) >= 11 is 0. The molecule has 1 aliphatic rings. The number of carbonyl (C=O) groups excluding carboxylic acids is 1. The maximum Gasteiger partial charge on any atom is 0.223 e. The van der Waals surface area contributed by atoms with Gasteiger partial charge >= 0.3 is 0 Å². The van der Waals surface area contributed by atoms with E-state index in [-0.39, 0.29) is 5.91 Å². The van der Waals surface area contributed by atoms with E-state index in [0.717, 1.165) is 42.0 Å². The monoisotopic (exact) mass is 284 g/mol. The molecule has 0 unspecified atom stereocenters. The molecule has 0 spiro atoms. The lowest BCUT2D eigenvalue weighted by Gasteiger charge is -2.29. The predicted molar refractivity (Wildman–Crippen MR) is 84.2 cm³/mol. The Labute approximate surface area is 124 Å². The van der Waals surface area contributed by atoms with Crippen LogP contribution in [0.4, 0.5) is 0 Å². The van der Waals surface area contributed by atoms with Gasteiger partial charge in [-0.15, -0.1) is 0 Å². The summed E-state index contributed by atoms with van der Waals surface area (Å²) in [5, 5.41) is 1.19. The Hall–Kier alpha value is -2.23. The lowest BCUT2D eigenvalue weighted by atomic mass is 10.00. The first-order valence-electron chi connectivity index (χ1n) is 7.33. The summed E-state index contributed by atoms with van der Waals surface area (Å²) in [6.07, 6.45) is 3.88. The van der Waals surface area contributed by atoms with Crippen LogP contribution in [0.25, 0.3) is 16.6 Å². The average Bonchev–Trinajstić information content (AvgIpc) is 2.85. The van der Waals surface area contributed by atoms with Crippen molar-refractivity contribution in [2.24, 2.45) is 0 Å². The van der Waals surface area contributed by atoms with E-state index in [1.807, 2.05) is 17.0 Å². The molecule has 110 valence electrons. The topological polar surface area (TPSA) is 45.3 Å². The van der Waals surface area contributed by atoms with E-state index in [4.69, 9.17) is 4.74 Å². The van der Waals surface area contributed by atoms with Crippen LogP contribution in [-0.2, 0) is 11.2 Å². The highest BCUT2D eigenvalue weighted by atomic mass is 16.5. The first-order valence-corrected chi connectivity index (χ1v) is 7.33. The van der Waals surface area contributed by atoms with Crippen molar-refractivity contribution in [3.05, 3.63) is 35.5 Å². The Kier molecular flexibility index (Phi) is 3.45. The number of nitrogens with one attached hydrogen (secondary N) is 1. The number of hydrogen-bond donors (Lipinski definition) is 1. The highest BCUT2D eigenvalue weighted by Gasteiger charge is 2.26. The van der Waals surface area contributed by atoms with Gasteiger partial charge in [0.15, 0.2) is 0 Å². The molecule has 21 heavy (non-hydrogen) atoms. The molecule has 0 radical (unpaired) electrons. The van der Waals surface area contributed by atoms with Gasteiger partial charge in [0, 0.05) is 24.4 Å². The first kappa shape index (κ1) is 13.7. The van der Waals surface area contributed by atoms with Crippen molar-refractivity contribution in [2.75, 3.05) is 13.7 Å². The first-order chi connectivity index (χ1) is 10.2. The summed E-state index contributed by atoms with van der Waals surface area (Å²) in [4.78, 5) is 17.2. The van der Waals surface area contributed by atoms with E-state index in [0.29, 0.717) is 0 Å². The highest BCUT2D eigenvalue weighted by molar-refractivity contribution is 5.94. The minimum absolute atomic E-state index is 0.0941. The zero-order chi connectivity index (χ0) is 15.0. The Morgan fingerprint density at radius 2 is 2.29 bits per heavy atom. The highest BCUT2D eigenvalue weighted by Crippen LogP contribution is 2.35. The standard InChI is InChI=1S/C17H20N2O2/c1-4-5-16-17-13(8-9-19(16)11(2)20)14-10-12(21-3)6-7-15(14)18-17/h5-7,10,18H,4,8-9H2,1-3H3/b16-5+. The van der Waals surface area contributed by atoms with Crippen LogP contribution in [0.3, 0.4) is 0 Å². The number of ether oxygens (including phenoxy) is 1. The molecule has 1 N–H and O–H groups in total. The Morgan fingerprint density at radius 3 is 2.95 bits per heavy atom. The Bertz CT molecular complexity index is 728. The van der Waals surface area contributed by atoms with Crippen LogP contribution in [0.15, 0.2) is 24.3 Å². The Balaban J connectivity index is 2.19. The summed E-state index contributed by atoms with van der Waals surface area (Å²) in [6, 6.07) is 6.06. The van der Waals surface area contributed by atoms with Crippen LogP contribution in [-0.4, -0.2) is 29.4 Å². The lowest BCUT2D eigenvalue weighted by molar-refractivity contribution is -0.125. The number of aromatic nitrogens is 1. The number of amides is 1. The largest absolute Gasteiger partial charge is 0.497 e.